The second-order valence-electron chi connectivity index (χ2n) is 7.22. The van der Waals surface area contributed by atoms with Gasteiger partial charge in [-0.05, 0) is 18.1 Å². The van der Waals surface area contributed by atoms with Crippen LogP contribution in [0.2, 0.25) is 18.1 Å². The van der Waals surface area contributed by atoms with E-state index < -0.39 is 17.4 Å². The summed E-state index contributed by atoms with van der Waals surface area (Å²) in [7, 11) is -0.111. The van der Waals surface area contributed by atoms with Gasteiger partial charge in [0, 0.05) is 36.1 Å². The zero-order valence-electron chi connectivity index (χ0n) is 13.5. The van der Waals surface area contributed by atoms with E-state index >= 15 is 0 Å². The first kappa shape index (κ1) is 18.9. The van der Waals surface area contributed by atoms with Gasteiger partial charge in [-0.1, -0.05) is 20.8 Å². The lowest BCUT2D eigenvalue weighted by Crippen LogP contribution is -2.43. The number of likely N-dealkylation sites (tertiary alicyclic amines) is 1. The number of carbonyl (C=O) groups excluding carboxylic acids is 1. The predicted octanol–water partition coefficient (Wildman–Crippen LogP) is 2.43. The van der Waals surface area contributed by atoms with E-state index in [9.17, 15) is 13.2 Å². The molecule has 1 unspecified atom stereocenters. The van der Waals surface area contributed by atoms with Crippen LogP contribution in [0, 0.1) is 5.92 Å². The fourth-order valence-electron chi connectivity index (χ4n) is 2.09. The first-order valence-electron chi connectivity index (χ1n) is 7.16. The van der Waals surface area contributed by atoms with Crippen molar-refractivity contribution in [1.82, 2.24) is 4.90 Å². The summed E-state index contributed by atoms with van der Waals surface area (Å²) in [6.45, 7) is 12.3. The second kappa shape index (κ2) is 6.56. The molecule has 0 radical (unpaired) electrons. The van der Waals surface area contributed by atoms with Crippen LogP contribution < -0.4 is 0 Å². The minimum absolute atomic E-state index is 0.0147. The van der Waals surface area contributed by atoms with Gasteiger partial charge in [0.25, 0.3) is 0 Å². The molecule has 1 aliphatic heterocycles. The molecule has 0 N–H and O–H groups in total. The van der Waals surface area contributed by atoms with Crippen LogP contribution in [0.1, 0.15) is 27.2 Å². The Morgan fingerprint density at radius 2 is 1.95 bits per heavy atom. The lowest BCUT2D eigenvalue weighted by molar-refractivity contribution is -0.128. The van der Waals surface area contributed by atoms with E-state index in [2.05, 4.69) is 33.9 Å². The quantitative estimate of drug-likeness (QED) is 0.542. The number of halogens is 1. The average molecular weight is 356 g/mol. The fourth-order valence-corrected chi connectivity index (χ4v) is 4.45. The second-order valence-corrected chi connectivity index (χ2v) is 14.9. The highest BCUT2D eigenvalue weighted by atomic mass is 35.7. The molecule has 124 valence electrons. The van der Waals surface area contributed by atoms with Crippen molar-refractivity contribution in [3.05, 3.63) is 0 Å². The van der Waals surface area contributed by atoms with Crippen molar-refractivity contribution in [2.45, 2.75) is 45.3 Å². The number of hydrogen-bond acceptors (Lipinski definition) is 4. The Kier molecular flexibility index (Phi) is 5.91. The smallest absolute Gasteiger partial charge is 0.232 e. The van der Waals surface area contributed by atoms with E-state index in [-0.39, 0.29) is 29.0 Å². The van der Waals surface area contributed by atoms with Crippen LogP contribution in [-0.4, -0.2) is 53.0 Å². The molecule has 1 fully saturated rings. The molecule has 0 spiro atoms. The number of carbonyl (C=O) groups is 1. The van der Waals surface area contributed by atoms with Crippen LogP contribution in [0.25, 0.3) is 0 Å². The van der Waals surface area contributed by atoms with Gasteiger partial charge in [-0.2, -0.15) is 0 Å². The van der Waals surface area contributed by atoms with Gasteiger partial charge in [0.15, 0.2) is 8.32 Å². The number of rotatable bonds is 6. The van der Waals surface area contributed by atoms with Crippen molar-refractivity contribution in [2.24, 2.45) is 5.92 Å². The Labute approximate surface area is 133 Å². The zero-order valence-corrected chi connectivity index (χ0v) is 16.1. The molecular weight excluding hydrogens is 330 g/mol. The molecule has 1 aliphatic rings. The van der Waals surface area contributed by atoms with Gasteiger partial charge < -0.3 is 9.33 Å². The van der Waals surface area contributed by atoms with E-state index in [0.29, 0.717) is 19.7 Å². The first-order chi connectivity index (χ1) is 9.32. The molecule has 0 aromatic rings. The molecule has 1 rings (SSSR count). The Hall–Kier alpha value is -0.113. The molecule has 0 aromatic carbocycles. The number of amides is 1. The SMILES string of the molecule is CC(C)(C)[Si](C)(C)OCCN1CC(CS(=O)(=O)Cl)CC1=O. The maximum Gasteiger partial charge on any atom is 0.232 e. The van der Waals surface area contributed by atoms with Gasteiger partial charge in [0.1, 0.15) is 0 Å². The third-order valence-corrected chi connectivity index (χ3v) is 10.1. The molecule has 0 saturated carbocycles. The normalized spacial score (nSPS) is 21.1. The van der Waals surface area contributed by atoms with E-state index in [1.807, 2.05) is 0 Å². The predicted molar refractivity (Wildman–Crippen MR) is 87.5 cm³/mol. The highest BCUT2D eigenvalue weighted by Crippen LogP contribution is 2.36. The molecule has 8 heteroatoms. The lowest BCUT2D eigenvalue weighted by atomic mass is 10.1. The summed E-state index contributed by atoms with van der Waals surface area (Å²) >= 11 is 0. The molecule has 0 bridgehead atoms. The summed E-state index contributed by atoms with van der Waals surface area (Å²) in [6, 6.07) is 0. The van der Waals surface area contributed by atoms with E-state index in [1.54, 1.807) is 4.90 Å². The van der Waals surface area contributed by atoms with E-state index in [0.717, 1.165) is 0 Å². The highest BCUT2D eigenvalue weighted by Gasteiger charge is 2.38. The molecule has 1 atom stereocenters. The fraction of sp³-hybridized carbons (Fsp3) is 0.923. The van der Waals surface area contributed by atoms with Gasteiger partial charge >= 0.3 is 0 Å². The van der Waals surface area contributed by atoms with Crippen molar-refractivity contribution in [2.75, 3.05) is 25.4 Å². The van der Waals surface area contributed by atoms with E-state index in [4.69, 9.17) is 15.1 Å². The maximum atomic E-state index is 11.9. The van der Waals surface area contributed by atoms with Crippen molar-refractivity contribution < 1.29 is 17.6 Å². The molecule has 5 nitrogen and oxygen atoms in total. The molecule has 0 aliphatic carbocycles. The number of hydrogen-bond donors (Lipinski definition) is 0. The van der Waals surface area contributed by atoms with Crippen LogP contribution in [0.4, 0.5) is 0 Å². The minimum atomic E-state index is -3.55. The lowest BCUT2D eigenvalue weighted by Gasteiger charge is -2.36. The monoisotopic (exact) mass is 355 g/mol. The van der Waals surface area contributed by atoms with Gasteiger partial charge in [-0.15, -0.1) is 0 Å². The maximum absolute atomic E-state index is 11.9. The molecule has 21 heavy (non-hydrogen) atoms. The van der Waals surface area contributed by atoms with Crippen LogP contribution in [-0.2, 0) is 18.3 Å². The Morgan fingerprint density at radius 1 is 1.38 bits per heavy atom. The topological polar surface area (TPSA) is 63.7 Å². The summed E-state index contributed by atoms with van der Waals surface area (Å²) in [6.07, 6.45) is 0.256. The van der Waals surface area contributed by atoms with Gasteiger partial charge in [0.2, 0.25) is 15.0 Å². The van der Waals surface area contributed by atoms with Crippen molar-refractivity contribution in [1.29, 1.82) is 0 Å². The first-order valence-corrected chi connectivity index (χ1v) is 12.5. The third-order valence-electron chi connectivity index (χ3n) is 4.36. The minimum Gasteiger partial charge on any atom is -0.415 e. The summed E-state index contributed by atoms with van der Waals surface area (Å²) in [4.78, 5) is 13.5. The summed E-state index contributed by atoms with van der Waals surface area (Å²) in [5.74, 6) is -0.355. The largest absolute Gasteiger partial charge is 0.415 e. The third kappa shape index (κ3) is 5.88. The van der Waals surface area contributed by atoms with E-state index in [1.165, 1.54) is 0 Å². The highest BCUT2D eigenvalue weighted by molar-refractivity contribution is 8.13. The Bertz CT molecular complexity index is 487. The summed E-state index contributed by atoms with van der Waals surface area (Å²) < 4.78 is 28.2. The summed E-state index contributed by atoms with van der Waals surface area (Å²) in [5, 5.41) is 0.136. The van der Waals surface area contributed by atoms with Crippen LogP contribution in [0.3, 0.4) is 0 Å². The Morgan fingerprint density at radius 3 is 2.43 bits per heavy atom. The van der Waals surface area contributed by atoms with Crippen molar-refractivity contribution in [3.63, 3.8) is 0 Å². The average Bonchev–Trinajstić information content (AvgIpc) is 2.54. The molecule has 0 aromatic heterocycles. The zero-order chi connectivity index (χ0) is 16.5. The van der Waals surface area contributed by atoms with Crippen LogP contribution >= 0.6 is 10.7 Å². The molecule has 1 saturated heterocycles. The molecular formula is C13H26ClNO4SSi. The van der Waals surface area contributed by atoms with Crippen molar-refractivity contribution >= 4 is 34.0 Å². The number of nitrogens with zero attached hydrogens (tertiary/aromatic N) is 1. The molecule has 1 heterocycles. The van der Waals surface area contributed by atoms with Crippen LogP contribution in [0.15, 0.2) is 0 Å². The van der Waals surface area contributed by atoms with Crippen LogP contribution in [0.5, 0.6) is 0 Å². The van der Waals surface area contributed by atoms with Gasteiger partial charge in [-0.3, -0.25) is 4.79 Å². The van der Waals surface area contributed by atoms with Gasteiger partial charge in [-0.25, -0.2) is 8.42 Å². The summed E-state index contributed by atoms with van der Waals surface area (Å²) in [5.41, 5.74) is 0. The standard InChI is InChI=1S/C13H26ClNO4SSi/c1-13(2,3)21(4,5)19-7-6-15-9-11(8-12(15)16)10-20(14,17)18/h11H,6-10H2,1-5H3. The molecule has 1 amide bonds. The van der Waals surface area contributed by atoms with Gasteiger partial charge in [0.05, 0.1) is 12.4 Å². The van der Waals surface area contributed by atoms with Crippen molar-refractivity contribution in [3.8, 4) is 0 Å². The Balaban J connectivity index is 2.45.